The summed E-state index contributed by atoms with van der Waals surface area (Å²) in [6.45, 7) is 3.53. The second kappa shape index (κ2) is 4.44. The number of rotatable bonds is 4. The van der Waals surface area contributed by atoms with Crippen LogP contribution in [0.15, 0.2) is 25.0 Å². The van der Waals surface area contributed by atoms with Crippen LogP contribution in [0.2, 0.25) is 0 Å². The lowest BCUT2D eigenvalue weighted by Crippen LogP contribution is -2.10. The first kappa shape index (κ1) is 10.7. The Kier molecular flexibility index (Phi) is 2.64. The molecular weight excluding hydrogens is 230 g/mol. The molecular formula is C11H13N7. The zero-order valence-corrected chi connectivity index (χ0v) is 9.96. The average Bonchev–Trinajstić information content (AvgIpc) is 3.01. The number of aromatic nitrogens is 6. The van der Waals surface area contributed by atoms with Gasteiger partial charge in [0, 0.05) is 25.5 Å². The van der Waals surface area contributed by atoms with Crippen LogP contribution in [0, 0.1) is 6.92 Å². The van der Waals surface area contributed by atoms with Gasteiger partial charge in [0.2, 0.25) is 0 Å². The minimum absolute atomic E-state index is 0.754. The summed E-state index contributed by atoms with van der Waals surface area (Å²) in [6, 6.07) is 0. The van der Waals surface area contributed by atoms with E-state index in [-0.39, 0.29) is 0 Å². The highest BCUT2D eigenvalue weighted by Gasteiger charge is 2.08. The van der Waals surface area contributed by atoms with E-state index in [0.29, 0.717) is 0 Å². The van der Waals surface area contributed by atoms with Gasteiger partial charge < -0.3 is 9.88 Å². The Morgan fingerprint density at radius 1 is 1.33 bits per heavy atom. The zero-order valence-electron chi connectivity index (χ0n) is 9.96. The van der Waals surface area contributed by atoms with Crippen LogP contribution in [-0.4, -0.2) is 36.3 Å². The lowest BCUT2D eigenvalue weighted by atomic mass is 10.3. The molecule has 0 spiro atoms. The van der Waals surface area contributed by atoms with Crippen molar-refractivity contribution in [1.29, 1.82) is 0 Å². The molecule has 3 aromatic heterocycles. The molecule has 0 saturated carbocycles. The maximum absolute atomic E-state index is 4.21. The Bertz CT molecular complexity index is 641. The third-order valence-corrected chi connectivity index (χ3v) is 2.73. The molecule has 0 aliphatic heterocycles. The quantitative estimate of drug-likeness (QED) is 0.713. The summed E-state index contributed by atoms with van der Waals surface area (Å²) in [7, 11) is 0. The molecule has 92 valence electrons. The molecule has 0 unspecified atom stereocenters. The zero-order chi connectivity index (χ0) is 12.4. The van der Waals surface area contributed by atoms with Crippen LogP contribution in [0.4, 0.5) is 5.82 Å². The SMILES string of the molecule is Cc1[nH]nc2c(NCCn3ccnc3)ncnc12. The molecule has 3 aromatic rings. The smallest absolute Gasteiger partial charge is 0.158 e. The highest BCUT2D eigenvalue weighted by molar-refractivity contribution is 5.86. The molecule has 0 saturated heterocycles. The molecule has 18 heavy (non-hydrogen) atoms. The number of fused-ring (bicyclic) bond motifs is 1. The van der Waals surface area contributed by atoms with E-state index in [1.807, 2.05) is 17.7 Å². The van der Waals surface area contributed by atoms with Gasteiger partial charge >= 0.3 is 0 Å². The van der Waals surface area contributed by atoms with Crippen molar-refractivity contribution in [2.45, 2.75) is 13.5 Å². The Balaban J connectivity index is 1.74. The Hall–Kier alpha value is -2.44. The van der Waals surface area contributed by atoms with E-state index in [9.17, 15) is 0 Å². The maximum atomic E-state index is 4.21. The number of aryl methyl sites for hydroxylation is 1. The summed E-state index contributed by atoms with van der Waals surface area (Å²) < 4.78 is 2.00. The van der Waals surface area contributed by atoms with E-state index >= 15 is 0 Å². The van der Waals surface area contributed by atoms with Crippen molar-refractivity contribution in [2.24, 2.45) is 0 Å². The largest absolute Gasteiger partial charge is 0.366 e. The predicted octanol–water partition coefficient (Wildman–Crippen LogP) is 0.970. The molecule has 3 heterocycles. The minimum Gasteiger partial charge on any atom is -0.366 e. The van der Waals surface area contributed by atoms with Crippen LogP contribution in [0.3, 0.4) is 0 Å². The predicted molar refractivity (Wildman–Crippen MR) is 67.1 cm³/mol. The van der Waals surface area contributed by atoms with Gasteiger partial charge in [0.05, 0.1) is 12.0 Å². The molecule has 0 aliphatic carbocycles. The first-order valence-corrected chi connectivity index (χ1v) is 5.70. The Labute approximate surface area is 103 Å². The highest BCUT2D eigenvalue weighted by Crippen LogP contribution is 2.18. The van der Waals surface area contributed by atoms with Crippen LogP contribution in [-0.2, 0) is 6.54 Å². The van der Waals surface area contributed by atoms with E-state index in [4.69, 9.17) is 0 Å². The van der Waals surface area contributed by atoms with Crippen molar-refractivity contribution >= 4 is 16.9 Å². The van der Waals surface area contributed by atoms with Gasteiger partial charge in [-0.25, -0.2) is 15.0 Å². The fraction of sp³-hybridized carbons (Fsp3) is 0.273. The van der Waals surface area contributed by atoms with Gasteiger partial charge in [0.1, 0.15) is 11.8 Å². The van der Waals surface area contributed by atoms with Crippen LogP contribution < -0.4 is 5.32 Å². The molecule has 0 atom stereocenters. The molecule has 0 radical (unpaired) electrons. The highest BCUT2D eigenvalue weighted by atomic mass is 15.2. The first-order chi connectivity index (χ1) is 8.84. The van der Waals surface area contributed by atoms with Crippen LogP contribution in [0.5, 0.6) is 0 Å². The van der Waals surface area contributed by atoms with E-state index in [0.717, 1.165) is 35.6 Å². The van der Waals surface area contributed by atoms with Gasteiger partial charge in [-0.05, 0) is 6.92 Å². The number of imidazole rings is 1. The van der Waals surface area contributed by atoms with Crippen LogP contribution in [0.1, 0.15) is 5.69 Å². The van der Waals surface area contributed by atoms with Crippen molar-refractivity contribution in [2.75, 3.05) is 11.9 Å². The summed E-state index contributed by atoms with van der Waals surface area (Å²) in [5.41, 5.74) is 2.58. The Morgan fingerprint density at radius 3 is 3.11 bits per heavy atom. The van der Waals surface area contributed by atoms with Crippen LogP contribution >= 0.6 is 0 Å². The third kappa shape index (κ3) is 1.90. The molecule has 3 rings (SSSR count). The third-order valence-electron chi connectivity index (χ3n) is 2.73. The normalized spacial score (nSPS) is 10.9. The second-order valence-electron chi connectivity index (χ2n) is 4.00. The lowest BCUT2D eigenvalue weighted by molar-refractivity contribution is 0.725. The molecule has 2 N–H and O–H groups in total. The summed E-state index contributed by atoms with van der Waals surface area (Å²) in [6.07, 6.45) is 7.02. The fourth-order valence-electron chi connectivity index (χ4n) is 1.80. The second-order valence-corrected chi connectivity index (χ2v) is 4.00. The summed E-state index contributed by atoms with van der Waals surface area (Å²) in [4.78, 5) is 12.4. The average molecular weight is 243 g/mol. The van der Waals surface area contributed by atoms with E-state index in [2.05, 4.69) is 30.5 Å². The summed E-state index contributed by atoms with van der Waals surface area (Å²) in [5, 5.41) is 10.4. The van der Waals surface area contributed by atoms with Crippen LogP contribution in [0.25, 0.3) is 11.0 Å². The maximum Gasteiger partial charge on any atom is 0.158 e. The summed E-state index contributed by atoms with van der Waals surface area (Å²) in [5.74, 6) is 0.754. The van der Waals surface area contributed by atoms with Gasteiger partial charge in [0.15, 0.2) is 11.3 Å². The van der Waals surface area contributed by atoms with Crippen molar-refractivity contribution < 1.29 is 0 Å². The number of aromatic amines is 1. The van der Waals surface area contributed by atoms with Gasteiger partial charge in [-0.2, -0.15) is 5.10 Å². The molecule has 7 nitrogen and oxygen atoms in total. The molecule has 0 fully saturated rings. The van der Waals surface area contributed by atoms with Crippen molar-refractivity contribution in [3.8, 4) is 0 Å². The van der Waals surface area contributed by atoms with Crippen molar-refractivity contribution in [3.63, 3.8) is 0 Å². The van der Waals surface area contributed by atoms with Gasteiger partial charge in [0.25, 0.3) is 0 Å². The van der Waals surface area contributed by atoms with Crippen molar-refractivity contribution in [1.82, 2.24) is 29.7 Å². The first-order valence-electron chi connectivity index (χ1n) is 5.70. The topological polar surface area (TPSA) is 84.3 Å². The van der Waals surface area contributed by atoms with Gasteiger partial charge in [-0.15, -0.1) is 0 Å². The molecule has 0 amide bonds. The molecule has 0 aliphatic rings. The standard InChI is InChI=1S/C11H13N7/c1-8-9-10(17-16-8)11(15-6-14-9)13-3-5-18-4-2-12-7-18/h2,4,6-7H,3,5H2,1H3,(H,16,17)(H,13,14,15). The van der Waals surface area contributed by atoms with E-state index in [1.54, 1.807) is 18.9 Å². The lowest BCUT2D eigenvalue weighted by Gasteiger charge is -2.05. The van der Waals surface area contributed by atoms with Gasteiger partial charge in [-0.3, -0.25) is 5.10 Å². The number of anilines is 1. The minimum atomic E-state index is 0.754. The van der Waals surface area contributed by atoms with Gasteiger partial charge in [-0.1, -0.05) is 0 Å². The van der Waals surface area contributed by atoms with E-state index in [1.165, 1.54) is 0 Å². The van der Waals surface area contributed by atoms with E-state index < -0.39 is 0 Å². The molecule has 0 bridgehead atoms. The number of hydrogen-bond acceptors (Lipinski definition) is 5. The Morgan fingerprint density at radius 2 is 2.28 bits per heavy atom. The number of nitrogens with one attached hydrogen (secondary N) is 2. The number of nitrogens with zero attached hydrogens (tertiary/aromatic N) is 5. The fourth-order valence-corrected chi connectivity index (χ4v) is 1.80. The van der Waals surface area contributed by atoms with Crippen molar-refractivity contribution in [3.05, 3.63) is 30.7 Å². The number of hydrogen-bond donors (Lipinski definition) is 2. The molecule has 0 aromatic carbocycles. The number of H-pyrrole nitrogens is 1. The molecule has 7 heteroatoms. The summed E-state index contributed by atoms with van der Waals surface area (Å²) >= 11 is 0. The monoisotopic (exact) mass is 243 g/mol.